The molecule has 20 heavy (non-hydrogen) atoms. The molecule has 5 heteroatoms. The second kappa shape index (κ2) is 5.37. The zero-order valence-corrected chi connectivity index (χ0v) is 12.7. The highest BCUT2D eigenvalue weighted by molar-refractivity contribution is 7.89. The normalized spacial score (nSPS) is 23.9. The van der Waals surface area contributed by atoms with Crippen LogP contribution in [0.2, 0.25) is 0 Å². The maximum atomic E-state index is 12.9. The lowest BCUT2D eigenvalue weighted by atomic mass is 10.1. The molecule has 0 radical (unpaired) electrons. The number of sulfonamides is 1. The zero-order chi connectivity index (χ0) is 14.2. The van der Waals surface area contributed by atoms with Crippen LogP contribution >= 0.6 is 0 Å². The smallest absolute Gasteiger partial charge is 0.243 e. The van der Waals surface area contributed by atoms with Crippen molar-refractivity contribution in [3.8, 4) is 0 Å². The maximum absolute atomic E-state index is 12.9. The lowest BCUT2D eigenvalue weighted by Gasteiger charge is -2.26. The largest absolute Gasteiger partial charge is 0.384 e. The van der Waals surface area contributed by atoms with Crippen molar-refractivity contribution in [2.45, 2.75) is 50.0 Å². The van der Waals surface area contributed by atoms with Gasteiger partial charge < -0.3 is 5.32 Å². The van der Waals surface area contributed by atoms with E-state index in [4.69, 9.17) is 0 Å². The summed E-state index contributed by atoms with van der Waals surface area (Å²) in [5.41, 5.74) is 2.20. The summed E-state index contributed by atoms with van der Waals surface area (Å²) in [5, 5.41) is 3.27. The van der Waals surface area contributed by atoms with Gasteiger partial charge in [-0.15, -0.1) is 0 Å². The number of hydrogen-bond donors (Lipinski definition) is 1. The first kappa shape index (κ1) is 13.9. The Kier molecular flexibility index (Phi) is 3.73. The van der Waals surface area contributed by atoms with Gasteiger partial charge in [0.2, 0.25) is 10.0 Å². The molecule has 0 bridgehead atoms. The van der Waals surface area contributed by atoms with E-state index in [0.29, 0.717) is 11.4 Å². The highest BCUT2D eigenvalue weighted by atomic mass is 32.2. The average molecular weight is 294 g/mol. The second-order valence-electron chi connectivity index (χ2n) is 5.81. The number of nitrogens with zero attached hydrogens (tertiary/aromatic N) is 1. The molecule has 2 aliphatic rings. The van der Waals surface area contributed by atoms with Crippen LogP contribution in [0.1, 0.15) is 38.2 Å². The summed E-state index contributed by atoms with van der Waals surface area (Å²) in [6.45, 7) is 3.58. The fourth-order valence-electron chi connectivity index (χ4n) is 3.18. The third-order valence-electron chi connectivity index (χ3n) is 4.39. The molecule has 1 N–H and O–H groups in total. The molecule has 1 fully saturated rings. The number of fused-ring (bicyclic) bond motifs is 1. The van der Waals surface area contributed by atoms with Gasteiger partial charge in [-0.3, -0.25) is 0 Å². The predicted molar refractivity (Wildman–Crippen MR) is 80.5 cm³/mol. The minimum atomic E-state index is -3.35. The zero-order valence-electron chi connectivity index (χ0n) is 11.9. The summed E-state index contributed by atoms with van der Waals surface area (Å²) in [4.78, 5) is 0.453. The van der Waals surface area contributed by atoms with Gasteiger partial charge >= 0.3 is 0 Å². The van der Waals surface area contributed by atoms with E-state index in [1.165, 1.54) is 0 Å². The standard InChI is InChI=1S/C15H22N2O2S/c1-12-5-3-2-4-10-17(12)20(18,19)14-6-7-15-13(11-14)8-9-16-15/h6-7,11-12,16H,2-5,8-10H2,1H3. The molecular weight excluding hydrogens is 272 g/mol. The first-order valence-electron chi connectivity index (χ1n) is 7.48. The SMILES string of the molecule is CC1CCCCCN1S(=O)(=O)c1ccc2c(c1)CCN2. The van der Waals surface area contributed by atoms with E-state index in [2.05, 4.69) is 5.32 Å². The van der Waals surface area contributed by atoms with Crippen LogP contribution in [-0.2, 0) is 16.4 Å². The molecule has 0 saturated carbocycles. The summed E-state index contributed by atoms with van der Waals surface area (Å²) in [6, 6.07) is 5.60. The van der Waals surface area contributed by atoms with Crippen LogP contribution in [0.4, 0.5) is 5.69 Å². The molecule has 1 atom stereocenters. The summed E-state index contributed by atoms with van der Waals surface area (Å²) >= 11 is 0. The first-order chi connectivity index (χ1) is 9.59. The van der Waals surface area contributed by atoms with Crippen LogP contribution < -0.4 is 5.32 Å². The molecule has 0 aliphatic carbocycles. The van der Waals surface area contributed by atoms with Gasteiger partial charge in [0, 0.05) is 24.8 Å². The van der Waals surface area contributed by atoms with Crippen molar-refractivity contribution in [3.05, 3.63) is 23.8 Å². The molecule has 1 aromatic carbocycles. The average Bonchev–Trinajstić information content (AvgIpc) is 2.78. The topological polar surface area (TPSA) is 49.4 Å². The van der Waals surface area contributed by atoms with Crippen molar-refractivity contribution in [3.63, 3.8) is 0 Å². The monoisotopic (exact) mass is 294 g/mol. The number of rotatable bonds is 2. The van der Waals surface area contributed by atoms with Gasteiger partial charge in [-0.05, 0) is 49.9 Å². The summed E-state index contributed by atoms with van der Waals surface area (Å²) in [6.07, 6.45) is 5.10. The van der Waals surface area contributed by atoms with E-state index in [1.54, 1.807) is 10.4 Å². The molecule has 110 valence electrons. The molecule has 2 aliphatic heterocycles. The lowest BCUT2D eigenvalue weighted by Crippen LogP contribution is -2.38. The van der Waals surface area contributed by atoms with Crippen molar-refractivity contribution in [2.24, 2.45) is 0 Å². The first-order valence-corrected chi connectivity index (χ1v) is 8.92. The van der Waals surface area contributed by atoms with Crippen LogP contribution in [0, 0.1) is 0 Å². The van der Waals surface area contributed by atoms with Crippen LogP contribution in [0.5, 0.6) is 0 Å². The quantitative estimate of drug-likeness (QED) is 0.912. The Hall–Kier alpha value is -1.07. The third-order valence-corrected chi connectivity index (χ3v) is 6.39. The van der Waals surface area contributed by atoms with Gasteiger partial charge in [0.15, 0.2) is 0 Å². The van der Waals surface area contributed by atoms with Crippen molar-refractivity contribution in [1.29, 1.82) is 0 Å². The molecule has 1 aromatic rings. The predicted octanol–water partition coefficient (Wildman–Crippen LogP) is 2.61. The van der Waals surface area contributed by atoms with E-state index in [0.717, 1.165) is 49.9 Å². The van der Waals surface area contributed by atoms with Crippen LogP contribution in [0.15, 0.2) is 23.1 Å². The lowest BCUT2D eigenvalue weighted by molar-refractivity contribution is 0.342. The van der Waals surface area contributed by atoms with Gasteiger partial charge in [-0.25, -0.2) is 8.42 Å². The Morgan fingerprint density at radius 1 is 1.25 bits per heavy atom. The highest BCUT2D eigenvalue weighted by Gasteiger charge is 2.30. The fraction of sp³-hybridized carbons (Fsp3) is 0.600. The van der Waals surface area contributed by atoms with E-state index in [1.807, 2.05) is 19.1 Å². The molecule has 3 rings (SSSR count). The van der Waals surface area contributed by atoms with Gasteiger partial charge in [0.05, 0.1) is 4.90 Å². The van der Waals surface area contributed by atoms with Crippen LogP contribution in [0.3, 0.4) is 0 Å². The molecule has 1 unspecified atom stereocenters. The number of benzene rings is 1. The maximum Gasteiger partial charge on any atom is 0.243 e. The van der Waals surface area contributed by atoms with E-state index in [-0.39, 0.29) is 6.04 Å². The van der Waals surface area contributed by atoms with E-state index < -0.39 is 10.0 Å². The third kappa shape index (κ3) is 2.44. The van der Waals surface area contributed by atoms with Gasteiger partial charge in [0.1, 0.15) is 0 Å². The van der Waals surface area contributed by atoms with Crippen LogP contribution in [0.25, 0.3) is 0 Å². The summed E-state index contributed by atoms with van der Waals surface area (Å²) < 4.78 is 27.4. The Balaban J connectivity index is 1.94. The van der Waals surface area contributed by atoms with Crippen molar-refractivity contribution in [2.75, 3.05) is 18.4 Å². The molecule has 2 heterocycles. The minimum Gasteiger partial charge on any atom is -0.384 e. The highest BCUT2D eigenvalue weighted by Crippen LogP contribution is 2.29. The molecule has 0 amide bonds. The molecule has 0 aromatic heterocycles. The van der Waals surface area contributed by atoms with Gasteiger partial charge in [0.25, 0.3) is 0 Å². The molecular formula is C15H22N2O2S. The Morgan fingerprint density at radius 3 is 2.95 bits per heavy atom. The fourth-order valence-corrected chi connectivity index (χ4v) is 4.93. The Morgan fingerprint density at radius 2 is 2.10 bits per heavy atom. The summed E-state index contributed by atoms with van der Waals surface area (Å²) in [7, 11) is -3.35. The van der Waals surface area contributed by atoms with Crippen LogP contribution in [-0.4, -0.2) is 31.9 Å². The number of nitrogens with one attached hydrogen (secondary N) is 1. The van der Waals surface area contributed by atoms with Gasteiger partial charge in [-0.1, -0.05) is 12.8 Å². The Bertz CT molecular complexity index is 598. The molecule has 1 saturated heterocycles. The molecule has 4 nitrogen and oxygen atoms in total. The summed E-state index contributed by atoms with van der Waals surface area (Å²) in [5.74, 6) is 0. The number of hydrogen-bond acceptors (Lipinski definition) is 3. The van der Waals surface area contributed by atoms with E-state index >= 15 is 0 Å². The Labute approximate surface area is 121 Å². The minimum absolute atomic E-state index is 0.105. The number of anilines is 1. The van der Waals surface area contributed by atoms with E-state index in [9.17, 15) is 8.42 Å². The molecule has 0 spiro atoms. The van der Waals surface area contributed by atoms with Gasteiger partial charge in [-0.2, -0.15) is 4.31 Å². The van der Waals surface area contributed by atoms with Crippen molar-refractivity contribution >= 4 is 15.7 Å². The second-order valence-corrected chi connectivity index (χ2v) is 7.70. The van der Waals surface area contributed by atoms with Crippen molar-refractivity contribution in [1.82, 2.24) is 4.31 Å². The van der Waals surface area contributed by atoms with Crippen molar-refractivity contribution < 1.29 is 8.42 Å².